The number of esters is 9. The van der Waals surface area contributed by atoms with Gasteiger partial charge < -0.3 is 76.2 Å². The third kappa shape index (κ3) is 20.1. The van der Waals surface area contributed by atoms with Gasteiger partial charge in [0, 0.05) is 0 Å². The van der Waals surface area contributed by atoms with E-state index in [1.165, 1.54) is 146 Å². The van der Waals surface area contributed by atoms with Gasteiger partial charge in [0.1, 0.15) is 62.3 Å². The lowest BCUT2D eigenvalue weighted by Crippen LogP contribution is -2.69. The smallest absolute Gasteiger partial charge is 0.338 e. The summed E-state index contributed by atoms with van der Waals surface area (Å²) < 4.78 is 97.4. The summed E-state index contributed by atoms with van der Waals surface area (Å²) in [6.07, 6.45) is -30.5. The van der Waals surface area contributed by atoms with E-state index in [1.54, 1.807) is 127 Å². The van der Waals surface area contributed by atoms with Crippen molar-refractivity contribution in [1.82, 2.24) is 0 Å². The van der Waals surface area contributed by atoms with Gasteiger partial charge in [-0.15, -0.1) is 11.6 Å². The minimum atomic E-state index is -2.31. The molecule has 0 spiro atoms. The molecule has 3 heterocycles. The molecular formula is C83H71ClO25. The average molecular weight is 1500 g/mol. The number of carbonyl (C=O) groups is 9. The third-order valence-corrected chi connectivity index (χ3v) is 17.7. The summed E-state index contributed by atoms with van der Waals surface area (Å²) in [5.74, 6) is -10.1. The van der Waals surface area contributed by atoms with Crippen LogP contribution in [0.4, 0.5) is 0 Å². The van der Waals surface area contributed by atoms with Gasteiger partial charge in [-0.1, -0.05) is 176 Å². The first-order chi connectivity index (χ1) is 53.2. The highest BCUT2D eigenvalue weighted by Crippen LogP contribution is 2.40. The molecule has 0 aromatic heterocycles. The number of aliphatic hydroxyl groups is 1. The maximum atomic E-state index is 15.3. The van der Waals surface area contributed by atoms with Crippen molar-refractivity contribution in [3.8, 4) is 0 Å². The second-order valence-electron chi connectivity index (χ2n) is 24.8. The van der Waals surface area contributed by atoms with E-state index in [0.717, 1.165) is 0 Å². The summed E-state index contributed by atoms with van der Waals surface area (Å²) in [4.78, 5) is 131. The van der Waals surface area contributed by atoms with Crippen LogP contribution in [0.25, 0.3) is 0 Å². The Balaban J connectivity index is 1.05. The number of aliphatic hydroxyl groups excluding tert-OH is 1. The van der Waals surface area contributed by atoms with E-state index >= 15 is 14.4 Å². The van der Waals surface area contributed by atoms with Gasteiger partial charge in [0.2, 0.25) is 0 Å². The molecule has 25 nitrogen and oxygen atoms in total. The molecule has 0 bridgehead atoms. The normalized spacial score (nSPS) is 23.6. The molecule has 0 amide bonds. The van der Waals surface area contributed by atoms with E-state index < -0.39 is 172 Å². The minimum Gasteiger partial charge on any atom is -0.462 e. The summed E-state index contributed by atoms with van der Waals surface area (Å²) >= 11 is 6.10. The Hall–Kier alpha value is -11.8. The zero-order valence-corrected chi connectivity index (χ0v) is 58.6. The molecule has 3 aliphatic heterocycles. The molecule has 0 radical (unpaired) electrons. The van der Waals surface area contributed by atoms with E-state index in [9.17, 15) is 33.9 Å². The number of halogens is 1. The van der Waals surface area contributed by atoms with E-state index in [-0.39, 0.29) is 51.1 Å². The maximum Gasteiger partial charge on any atom is 0.338 e. The van der Waals surface area contributed by atoms with Crippen molar-refractivity contribution < 1.29 is 119 Å². The van der Waals surface area contributed by atoms with E-state index in [2.05, 4.69) is 0 Å². The molecule has 26 heteroatoms. The zero-order valence-electron chi connectivity index (χ0n) is 57.8. The van der Waals surface area contributed by atoms with Crippen LogP contribution in [-0.2, 0) is 82.5 Å². The molecular weight excluding hydrogens is 1430 g/mol. The lowest BCUT2D eigenvalue weighted by Gasteiger charge is -2.50. The summed E-state index contributed by atoms with van der Waals surface area (Å²) in [5.41, 5.74) is 0.340. The van der Waals surface area contributed by atoms with Crippen LogP contribution in [0.5, 0.6) is 0 Å². The number of carbonyl (C=O) groups excluding carboxylic acids is 9. The Morgan fingerprint density at radius 1 is 0.284 bits per heavy atom. The highest BCUT2D eigenvalue weighted by Gasteiger charge is 2.60. The number of rotatable bonds is 28. The molecule has 0 aliphatic carbocycles. The molecule has 109 heavy (non-hydrogen) atoms. The zero-order chi connectivity index (χ0) is 76.0. The van der Waals surface area contributed by atoms with Crippen LogP contribution in [0.2, 0.25) is 0 Å². The second-order valence-corrected chi connectivity index (χ2v) is 25.0. The largest absolute Gasteiger partial charge is 0.462 e. The Morgan fingerprint density at radius 2 is 0.550 bits per heavy atom. The quantitative estimate of drug-likeness (QED) is 0.0271. The summed E-state index contributed by atoms with van der Waals surface area (Å²) in [5, 5.41) is 12.2. The molecule has 9 aromatic carbocycles. The summed E-state index contributed by atoms with van der Waals surface area (Å²) in [6, 6.07) is 69.5. The maximum absolute atomic E-state index is 15.3. The first-order valence-corrected chi connectivity index (χ1v) is 35.0. The lowest BCUT2D eigenvalue weighted by atomic mass is 9.94. The molecule has 0 unspecified atom stereocenters. The fourth-order valence-electron chi connectivity index (χ4n) is 12.1. The van der Waals surface area contributed by atoms with Crippen molar-refractivity contribution >= 4 is 65.3 Å². The van der Waals surface area contributed by atoms with Crippen molar-refractivity contribution in [2.75, 3.05) is 25.7 Å². The fraction of sp³-hybridized carbons (Fsp3) is 0.241. The predicted molar refractivity (Wildman–Crippen MR) is 382 cm³/mol. The van der Waals surface area contributed by atoms with E-state index in [0.29, 0.717) is 5.56 Å². The predicted octanol–water partition coefficient (Wildman–Crippen LogP) is 10.4. The van der Waals surface area contributed by atoms with Crippen LogP contribution < -0.4 is 0 Å². The first-order valence-electron chi connectivity index (χ1n) is 34.5. The second kappa shape index (κ2) is 37.7. The van der Waals surface area contributed by atoms with Crippen molar-refractivity contribution in [3.05, 3.63) is 323 Å². The van der Waals surface area contributed by atoms with E-state index in [1.807, 2.05) is 0 Å². The summed E-state index contributed by atoms with van der Waals surface area (Å²) in [6.45, 7) is -2.91. The SMILES string of the molecule is O=C(CCl)OC[C@H]1O[C@@H](O[C@H]2[C@H](OC(=O)c3ccccc3)[C@H](OC(=O)c3ccccc3)[C@@H](O)O[C@@H]2COC(=O)c2ccccc2)[C@H](OC(=O)c2ccccc2)[C@@H](O[C@H]2O[C@H](COC(=O)c3ccccc3)[C@H](OC(=O)c3ccccc3)[C@H](OCc3ccccc3)[C@H]2OC(=O)c2ccccc2)[C@H]1OC(=O)c1ccccc1. The van der Waals surface area contributed by atoms with Crippen molar-refractivity contribution in [2.24, 2.45) is 0 Å². The van der Waals surface area contributed by atoms with Gasteiger partial charge in [0.15, 0.2) is 55.5 Å². The van der Waals surface area contributed by atoms with Gasteiger partial charge in [-0.3, -0.25) is 4.79 Å². The number of benzene rings is 9. The highest BCUT2D eigenvalue weighted by molar-refractivity contribution is 6.26. The molecule has 0 saturated carbocycles. The molecule has 3 fully saturated rings. The van der Waals surface area contributed by atoms with Gasteiger partial charge in [-0.05, 0) is 103 Å². The Bertz CT molecular complexity index is 4500. The fourth-order valence-corrected chi connectivity index (χ4v) is 12.2. The third-order valence-electron chi connectivity index (χ3n) is 17.5. The minimum absolute atomic E-state index is 0.0352. The molecule has 3 aliphatic rings. The van der Waals surface area contributed by atoms with Crippen LogP contribution in [-0.4, -0.2) is 177 Å². The topological polar surface area (TPSA) is 312 Å². The molecule has 3 saturated heterocycles. The van der Waals surface area contributed by atoms with Gasteiger partial charge in [0.25, 0.3) is 0 Å². The van der Waals surface area contributed by atoms with Gasteiger partial charge >= 0.3 is 53.7 Å². The molecule has 12 rings (SSSR count). The van der Waals surface area contributed by atoms with E-state index in [4.69, 9.17) is 82.7 Å². The highest BCUT2D eigenvalue weighted by atomic mass is 35.5. The van der Waals surface area contributed by atoms with Crippen LogP contribution in [0.3, 0.4) is 0 Å². The van der Waals surface area contributed by atoms with Crippen LogP contribution in [0, 0.1) is 0 Å². The van der Waals surface area contributed by atoms with Crippen molar-refractivity contribution in [2.45, 2.75) is 98.7 Å². The standard InChI is InChI=1S/C83H71ClO25/c84-46-63(85)95-48-61-65(103-76(89)55-36-18-5-19-37-55)69(109-82-71(106-79(92)58-42-24-8-25-43-58)67(96-47-51-28-10-1-11-29-51)64(102-75(88)54-34-16-4-17-35-54)62(101-82)50-98-74(87)53-32-14-3-15-33-53)72(107-80(93)59-44-26-9-27-45-59)83(100-61)108-66-60(49-97-73(86)52-30-12-2-13-31-52)99-81(94)70(105-78(91)57-40-22-7-23-41-57)68(66)104-77(90)56-38-20-6-21-39-56/h1-45,60-62,64-72,81-83,94H,46-50H2/t60-,61-,62-,64+,65+,66-,67+,68+,69+,70+,71-,72-,81+,82-,83+/m1/s1. The number of hydrogen-bond donors (Lipinski definition) is 1. The monoisotopic (exact) mass is 1500 g/mol. The first kappa shape index (κ1) is 76.9. The molecule has 560 valence electrons. The molecule has 1 N–H and O–H groups in total. The Morgan fingerprint density at radius 3 is 0.899 bits per heavy atom. The number of hydrogen-bond acceptors (Lipinski definition) is 25. The lowest BCUT2D eigenvalue weighted by molar-refractivity contribution is -0.377. The number of ether oxygens (including phenoxy) is 15. The number of alkyl halides is 1. The van der Waals surface area contributed by atoms with Gasteiger partial charge in [-0.25, -0.2) is 38.4 Å². The summed E-state index contributed by atoms with van der Waals surface area (Å²) in [7, 11) is 0. The average Bonchev–Trinajstić information content (AvgIpc) is 0.754. The van der Waals surface area contributed by atoms with Crippen LogP contribution in [0.15, 0.2) is 273 Å². The van der Waals surface area contributed by atoms with Gasteiger partial charge in [-0.2, -0.15) is 0 Å². The van der Waals surface area contributed by atoms with Crippen molar-refractivity contribution in [3.63, 3.8) is 0 Å². The Labute approximate surface area is 629 Å². The molecule has 9 aromatic rings. The molecule has 15 atom stereocenters. The van der Waals surface area contributed by atoms with Gasteiger partial charge in [0.05, 0.1) is 51.1 Å². The Kier molecular flexibility index (Phi) is 26.5. The van der Waals surface area contributed by atoms with Crippen LogP contribution >= 0.6 is 11.6 Å². The van der Waals surface area contributed by atoms with Crippen molar-refractivity contribution in [1.29, 1.82) is 0 Å². The van der Waals surface area contributed by atoms with Crippen LogP contribution in [0.1, 0.15) is 88.4 Å².